The summed E-state index contributed by atoms with van der Waals surface area (Å²) in [5, 5.41) is 0. The van der Waals surface area contributed by atoms with Crippen molar-refractivity contribution in [3.63, 3.8) is 0 Å². The third kappa shape index (κ3) is 5.01. The van der Waals surface area contributed by atoms with Gasteiger partial charge in [0.2, 0.25) is 11.8 Å². The Morgan fingerprint density at radius 3 is 2.96 bits per heavy atom. The second-order valence-electron chi connectivity index (χ2n) is 6.75. The molecule has 0 saturated carbocycles. The van der Waals surface area contributed by atoms with Crippen LogP contribution in [-0.2, 0) is 20.7 Å². The van der Waals surface area contributed by atoms with Gasteiger partial charge in [0.15, 0.2) is 0 Å². The van der Waals surface area contributed by atoms with Crippen LogP contribution in [0.3, 0.4) is 0 Å². The largest absolute Gasteiger partial charge is 0.374 e. The molecule has 2 aliphatic heterocycles. The highest BCUT2D eigenvalue weighted by atomic mass is 19.1. The molecule has 0 radical (unpaired) electrons. The summed E-state index contributed by atoms with van der Waals surface area (Å²) in [5.41, 5.74) is 0.873. The third-order valence-electron chi connectivity index (χ3n) is 4.86. The molecule has 0 aliphatic carbocycles. The first-order valence-electron chi connectivity index (χ1n) is 9.03. The fourth-order valence-corrected chi connectivity index (χ4v) is 3.48. The average molecular weight is 348 g/mol. The van der Waals surface area contributed by atoms with Gasteiger partial charge in [0.25, 0.3) is 0 Å². The highest BCUT2D eigenvalue weighted by Crippen LogP contribution is 2.15. The van der Waals surface area contributed by atoms with Crippen molar-refractivity contribution in [2.24, 2.45) is 0 Å². The Hall–Kier alpha value is -1.95. The van der Waals surface area contributed by atoms with Crippen molar-refractivity contribution in [3.8, 4) is 0 Å². The van der Waals surface area contributed by atoms with E-state index >= 15 is 0 Å². The minimum atomic E-state index is -0.257. The number of carbonyl (C=O) groups is 2. The first-order chi connectivity index (χ1) is 12.1. The standard InChI is InChI=1S/C19H25FN2O3/c20-16-5-3-4-15(12-16)13-17-14-22(10-11-25-17)19(24)7-9-21-8-2-1-6-18(21)23/h3-5,12,17H,1-2,6-11,13-14H2/t17-/m1/s1. The van der Waals surface area contributed by atoms with Crippen LogP contribution in [0, 0.1) is 5.82 Å². The van der Waals surface area contributed by atoms with Crippen molar-refractivity contribution in [3.05, 3.63) is 35.6 Å². The Morgan fingerprint density at radius 2 is 2.16 bits per heavy atom. The molecule has 3 rings (SSSR count). The molecule has 2 amide bonds. The number of ether oxygens (including phenoxy) is 1. The minimum Gasteiger partial charge on any atom is -0.374 e. The molecule has 2 fully saturated rings. The Bertz CT molecular complexity index is 622. The second kappa shape index (κ2) is 8.43. The van der Waals surface area contributed by atoms with Crippen LogP contribution in [0.2, 0.25) is 0 Å². The lowest BCUT2D eigenvalue weighted by molar-refractivity contribution is -0.140. The van der Waals surface area contributed by atoms with E-state index in [2.05, 4.69) is 0 Å². The predicted octanol–water partition coefficient (Wildman–Crippen LogP) is 2.00. The molecule has 5 nitrogen and oxygen atoms in total. The van der Waals surface area contributed by atoms with Crippen LogP contribution in [0.4, 0.5) is 4.39 Å². The number of rotatable bonds is 5. The molecular weight excluding hydrogens is 323 g/mol. The number of amides is 2. The van der Waals surface area contributed by atoms with Gasteiger partial charge >= 0.3 is 0 Å². The van der Waals surface area contributed by atoms with Crippen molar-refractivity contribution >= 4 is 11.8 Å². The fourth-order valence-electron chi connectivity index (χ4n) is 3.48. The van der Waals surface area contributed by atoms with Gasteiger partial charge in [0.05, 0.1) is 12.7 Å². The van der Waals surface area contributed by atoms with E-state index in [0.717, 1.165) is 24.9 Å². The van der Waals surface area contributed by atoms with Gasteiger partial charge in [-0.15, -0.1) is 0 Å². The molecule has 2 saturated heterocycles. The molecule has 136 valence electrons. The zero-order valence-electron chi connectivity index (χ0n) is 14.5. The molecule has 0 unspecified atom stereocenters. The number of morpholine rings is 1. The summed E-state index contributed by atoms with van der Waals surface area (Å²) >= 11 is 0. The summed E-state index contributed by atoms with van der Waals surface area (Å²) in [7, 11) is 0. The Labute approximate surface area is 147 Å². The van der Waals surface area contributed by atoms with E-state index < -0.39 is 0 Å². The molecule has 0 N–H and O–H groups in total. The van der Waals surface area contributed by atoms with Crippen LogP contribution in [0.5, 0.6) is 0 Å². The van der Waals surface area contributed by atoms with Crippen LogP contribution in [0.25, 0.3) is 0 Å². The van der Waals surface area contributed by atoms with Crippen molar-refractivity contribution in [2.45, 2.75) is 38.2 Å². The van der Waals surface area contributed by atoms with Gasteiger partial charge in [-0.25, -0.2) is 4.39 Å². The molecule has 6 heteroatoms. The van der Waals surface area contributed by atoms with Gasteiger partial charge in [-0.3, -0.25) is 9.59 Å². The predicted molar refractivity (Wildman–Crippen MR) is 91.5 cm³/mol. The SMILES string of the molecule is O=C1CCCCN1CCC(=O)N1CCO[C@H](Cc2cccc(F)c2)C1. The Balaban J connectivity index is 1.48. The molecule has 0 bridgehead atoms. The minimum absolute atomic E-state index is 0.0610. The van der Waals surface area contributed by atoms with E-state index in [1.54, 1.807) is 11.0 Å². The number of piperidine rings is 1. The average Bonchev–Trinajstić information content (AvgIpc) is 2.61. The molecular formula is C19H25FN2O3. The van der Waals surface area contributed by atoms with E-state index in [1.807, 2.05) is 11.0 Å². The zero-order valence-corrected chi connectivity index (χ0v) is 14.5. The molecule has 2 heterocycles. The molecule has 1 atom stereocenters. The molecule has 0 spiro atoms. The fraction of sp³-hybridized carbons (Fsp3) is 0.579. The number of likely N-dealkylation sites (tertiary alicyclic amines) is 1. The van der Waals surface area contributed by atoms with Crippen molar-refractivity contribution in [2.75, 3.05) is 32.8 Å². The Morgan fingerprint density at radius 1 is 1.28 bits per heavy atom. The molecule has 0 aromatic heterocycles. The summed E-state index contributed by atoms with van der Waals surface area (Å²) in [4.78, 5) is 27.9. The highest BCUT2D eigenvalue weighted by Gasteiger charge is 2.25. The smallest absolute Gasteiger partial charge is 0.224 e. The van der Waals surface area contributed by atoms with Gasteiger partial charge in [-0.1, -0.05) is 12.1 Å². The van der Waals surface area contributed by atoms with E-state index in [1.165, 1.54) is 12.1 Å². The van der Waals surface area contributed by atoms with Gasteiger partial charge in [0, 0.05) is 45.4 Å². The number of carbonyl (C=O) groups excluding carboxylic acids is 2. The van der Waals surface area contributed by atoms with Gasteiger partial charge < -0.3 is 14.5 Å². The summed E-state index contributed by atoms with van der Waals surface area (Å²) in [6.07, 6.45) is 3.41. The van der Waals surface area contributed by atoms with Crippen LogP contribution in [0.15, 0.2) is 24.3 Å². The van der Waals surface area contributed by atoms with Gasteiger partial charge in [-0.2, -0.15) is 0 Å². The number of benzene rings is 1. The molecule has 1 aromatic rings. The zero-order chi connectivity index (χ0) is 17.6. The van der Waals surface area contributed by atoms with E-state index in [0.29, 0.717) is 45.5 Å². The van der Waals surface area contributed by atoms with Crippen LogP contribution < -0.4 is 0 Å². The summed E-state index contributed by atoms with van der Waals surface area (Å²) in [6, 6.07) is 6.48. The van der Waals surface area contributed by atoms with Crippen molar-refractivity contribution in [1.82, 2.24) is 9.80 Å². The lowest BCUT2D eigenvalue weighted by Gasteiger charge is -2.34. The lowest BCUT2D eigenvalue weighted by Crippen LogP contribution is -2.47. The summed E-state index contributed by atoms with van der Waals surface area (Å²) in [5.74, 6) is -0.0386. The van der Waals surface area contributed by atoms with Crippen molar-refractivity contribution in [1.29, 1.82) is 0 Å². The maximum atomic E-state index is 13.3. The highest BCUT2D eigenvalue weighted by molar-refractivity contribution is 5.79. The number of halogens is 1. The van der Waals surface area contributed by atoms with E-state index in [9.17, 15) is 14.0 Å². The van der Waals surface area contributed by atoms with Crippen LogP contribution >= 0.6 is 0 Å². The quantitative estimate of drug-likeness (QED) is 0.818. The molecule has 1 aromatic carbocycles. The third-order valence-corrected chi connectivity index (χ3v) is 4.86. The van der Waals surface area contributed by atoms with Gasteiger partial charge in [-0.05, 0) is 30.5 Å². The van der Waals surface area contributed by atoms with Crippen LogP contribution in [0.1, 0.15) is 31.2 Å². The number of hydrogen-bond donors (Lipinski definition) is 0. The summed E-state index contributed by atoms with van der Waals surface area (Å²) < 4.78 is 19.0. The van der Waals surface area contributed by atoms with Crippen molar-refractivity contribution < 1.29 is 18.7 Å². The first kappa shape index (κ1) is 17.9. The molecule has 25 heavy (non-hydrogen) atoms. The number of nitrogens with zero attached hydrogens (tertiary/aromatic N) is 2. The maximum Gasteiger partial charge on any atom is 0.224 e. The second-order valence-corrected chi connectivity index (χ2v) is 6.75. The normalized spacial score (nSPS) is 21.5. The maximum absolute atomic E-state index is 13.3. The monoisotopic (exact) mass is 348 g/mol. The number of hydrogen-bond acceptors (Lipinski definition) is 3. The van der Waals surface area contributed by atoms with Crippen LogP contribution in [-0.4, -0.2) is 60.5 Å². The Kier molecular flexibility index (Phi) is 6.02. The lowest BCUT2D eigenvalue weighted by atomic mass is 10.1. The van der Waals surface area contributed by atoms with Gasteiger partial charge in [0.1, 0.15) is 5.82 Å². The topological polar surface area (TPSA) is 49.9 Å². The van der Waals surface area contributed by atoms with E-state index in [4.69, 9.17) is 4.74 Å². The molecule has 2 aliphatic rings. The van der Waals surface area contributed by atoms with E-state index in [-0.39, 0.29) is 23.7 Å². The first-order valence-corrected chi connectivity index (χ1v) is 9.03. The summed E-state index contributed by atoms with van der Waals surface area (Å²) in [6.45, 7) is 2.85.